The molecule has 0 N–H and O–H groups in total. The molecule has 1 rings (SSSR count). The first-order valence-corrected chi connectivity index (χ1v) is 6.05. The molecule has 0 aliphatic carbocycles. The second kappa shape index (κ2) is 8.25. The van der Waals surface area contributed by atoms with Crippen LogP contribution in [0, 0.1) is 0 Å². The highest BCUT2D eigenvalue weighted by molar-refractivity contribution is 5.86. The van der Waals surface area contributed by atoms with Crippen molar-refractivity contribution in [1.29, 1.82) is 0 Å². The molecule has 4 heteroatoms. The minimum Gasteiger partial charge on any atom is -0.459 e. The summed E-state index contributed by atoms with van der Waals surface area (Å²) in [6.07, 6.45) is 0.885. The van der Waals surface area contributed by atoms with E-state index in [1.165, 1.54) is 0 Å². The predicted octanol–water partition coefficient (Wildman–Crippen LogP) is 2.33. The van der Waals surface area contributed by atoms with Gasteiger partial charge < -0.3 is 14.2 Å². The first-order chi connectivity index (χ1) is 8.01. The third-order valence-corrected chi connectivity index (χ3v) is 2.42. The highest BCUT2D eigenvalue weighted by Crippen LogP contribution is 2.30. The van der Waals surface area contributed by atoms with Gasteiger partial charge in [-0.15, -0.1) is 0 Å². The van der Waals surface area contributed by atoms with Gasteiger partial charge in [-0.3, -0.25) is 0 Å². The Morgan fingerprint density at radius 1 is 1.35 bits per heavy atom. The third kappa shape index (κ3) is 7.13. The predicted molar refractivity (Wildman–Crippen MR) is 66.9 cm³/mol. The van der Waals surface area contributed by atoms with E-state index in [4.69, 9.17) is 14.2 Å². The van der Waals surface area contributed by atoms with Gasteiger partial charge >= 0.3 is 5.97 Å². The lowest BCUT2D eigenvalue weighted by Crippen LogP contribution is -2.21. The molecule has 1 aliphatic rings. The van der Waals surface area contributed by atoms with E-state index < -0.39 is 0 Å². The SMILES string of the molecule is C=C(C)C(=O)OCC1(CC)CO1.CCOCC. The molecule has 0 bridgehead atoms. The van der Waals surface area contributed by atoms with Crippen LogP contribution in [0.1, 0.15) is 34.1 Å². The van der Waals surface area contributed by atoms with Crippen LogP contribution >= 0.6 is 0 Å². The van der Waals surface area contributed by atoms with Crippen LogP contribution in [-0.4, -0.2) is 38.0 Å². The Hall–Kier alpha value is -0.870. The summed E-state index contributed by atoms with van der Waals surface area (Å²) in [5, 5.41) is 0. The summed E-state index contributed by atoms with van der Waals surface area (Å²) in [6, 6.07) is 0. The van der Waals surface area contributed by atoms with Crippen LogP contribution in [0.2, 0.25) is 0 Å². The number of rotatable bonds is 6. The number of ether oxygens (including phenoxy) is 3. The van der Waals surface area contributed by atoms with Gasteiger partial charge in [0, 0.05) is 18.8 Å². The van der Waals surface area contributed by atoms with E-state index in [0.717, 1.165) is 19.6 Å². The molecule has 1 atom stereocenters. The molecular weight excluding hydrogens is 220 g/mol. The van der Waals surface area contributed by atoms with Crippen molar-refractivity contribution in [3.05, 3.63) is 12.2 Å². The molecule has 4 nitrogen and oxygen atoms in total. The fourth-order valence-corrected chi connectivity index (χ4v) is 1.02. The van der Waals surface area contributed by atoms with Gasteiger partial charge in [-0.25, -0.2) is 4.79 Å². The van der Waals surface area contributed by atoms with Gasteiger partial charge in [-0.1, -0.05) is 13.5 Å². The van der Waals surface area contributed by atoms with Gasteiger partial charge in [0.1, 0.15) is 12.2 Å². The summed E-state index contributed by atoms with van der Waals surface area (Å²) >= 11 is 0. The van der Waals surface area contributed by atoms with Gasteiger partial charge in [0.05, 0.1) is 6.61 Å². The van der Waals surface area contributed by atoms with Gasteiger partial charge in [0.2, 0.25) is 0 Å². The molecule has 0 aromatic rings. The van der Waals surface area contributed by atoms with Crippen molar-refractivity contribution >= 4 is 5.97 Å². The number of carbonyl (C=O) groups is 1. The summed E-state index contributed by atoms with van der Waals surface area (Å²) in [5.41, 5.74) is 0.257. The van der Waals surface area contributed by atoms with Crippen molar-refractivity contribution in [3.8, 4) is 0 Å². The summed E-state index contributed by atoms with van der Waals surface area (Å²) < 4.78 is 15.0. The van der Waals surface area contributed by atoms with Crippen molar-refractivity contribution in [3.63, 3.8) is 0 Å². The van der Waals surface area contributed by atoms with Crippen LogP contribution in [0.4, 0.5) is 0 Å². The van der Waals surface area contributed by atoms with Crippen molar-refractivity contribution < 1.29 is 19.0 Å². The van der Waals surface area contributed by atoms with Crippen LogP contribution in [0.15, 0.2) is 12.2 Å². The lowest BCUT2D eigenvalue weighted by molar-refractivity contribution is -0.140. The highest BCUT2D eigenvalue weighted by Gasteiger charge is 2.44. The van der Waals surface area contributed by atoms with Crippen LogP contribution in [-0.2, 0) is 19.0 Å². The van der Waals surface area contributed by atoms with E-state index >= 15 is 0 Å². The molecule has 0 aromatic heterocycles. The largest absolute Gasteiger partial charge is 0.459 e. The molecular formula is C13H24O4. The molecule has 1 fully saturated rings. The lowest BCUT2D eigenvalue weighted by atomic mass is 10.1. The number of hydrogen-bond donors (Lipinski definition) is 0. The summed E-state index contributed by atoms with van der Waals surface area (Å²) in [7, 11) is 0. The van der Waals surface area contributed by atoms with E-state index in [9.17, 15) is 4.79 Å². The van der Waals surface area contributed by atoms with Crippen molar-refractivity contribution in [1.82, 2.24) is 0 Å². The first kappa shape index (κ1) is 16.1. The zero-order chi connectivity index (χ0) is 13.3. The summed E-state index contributed by atoms with van der Waals surface area (Å²) in [4.78, 5) is 11.0. The van der Waals surface area contributed by atoms with E-state index in [1.54, 1.807) is 6.92 Å². The second-order valence-electron chi connectivity index (χ2n) is 3.96. The first-order valence-electron chi connectivity index (χ1n) is 6.05. The summed E-state index contributed by atoms with van der Waals surface area (Å²) in [5.74, 6) is -0.335. The molecule has 0 aromatic carbocycles. The van der Waals surface area contributed by atoms with E-state index in [1.807, 2.05) is 20.8 Å². The molecule has 0 spiro atoms. The maximum atomic E-state index is 11.0. The Balaban J connectivity index is 0.000000437. The lowest BCUT2D eigenvalue weighted by Gasteiger charge is -2.09. The zero-order valence-corrected chi connectivity index (χ0v) is 11.4. The number of epoxide rings is 1. The van der Waals surface area contributed by atoms with Crippen molar-refractivity contribution in [2.24, 2.45) is 0 Å². The molecule has 1 saturated heterocycles. The maximum absolute atomic E-state index is 11.0. The monoisotopic (exact) mass is 244 g/mol. The van der Waals surface area contributed by atoms with Gasteiger partial charge in [-0.2, -0.15) is 0 Å². The molecule has 0 amide bonds. The number of esters is 1. The van der Waals surface area contributed by atoms with Gasteiger partial charge in [-0.05, 0) is 27.2 Å². The minimum absolute atomic E-state index is 0.175. The van der Waals surface area contributed by atoms with Crippen LogP contribution in [0.25, 0.3) is 0 Å². The van der Waals surface area contributed by atoms with E-state index in [2.05, 4.69) is 6.58 Å². The molecule has 0 radical (unpaired) electrons. The fourth-order valence-electron chi connectivity index (χ4n) is 1.02. The molecule has 1 aliphatic heterocycles. The van der Waals surface area contributed by atoms with Crippen molar-refractivity contribution in [2.75, 3.05) is 26.4 Å². The number of carbonyl (C=O) groups excluding carboxylic acids is 1. The Morgan fingerprint density at radius 2 is 1.88 bits per heavy atom. The smallest absolute Gasteiger partial charge is 0.333 e. The zero-order valence-electron chi connectivity index (χ0n) is 11.4. The Kier molecular flexibility index (Phi) is 7.83. The average Bonchev–Trinajstić information content (AvgIpc) is 3.08. The van der Waals surface area contributed by atoms with Crippen LogP contribution in [0.3, 0.4) is 0 Å². The average molecular weight is 244 g/mol. The van der Waals surface area contributed by atoms with Gasteiger partial charge in [0.15, 0.2) is 0 Å². The summed E-state index contributed by atoms with van der Waals surface area (Å²) in [6.45, 7) is 13.9. The Bertz CT molecular complexity index is 242. The molecule has 0 saturated carbocycles. The standard InChI is InChI=1S/C9H14O3.C4H10O/c1-4-9(6-12-9)5-11-8(10)7(2)3;1-3-5-4-2/h2,4-6H2,1,3H3;3-4H2,1-2H3. The maximum Gasteiger partial charge on any atom is 0.333 e. The number of hydrogen-bond acceptors (Lipinski definition) is 4. The van der Waals surface area contributed by atoms with E-state index in [0.29, 0.717) is 18.8 Å². The third-order valence-electron chi connectivity index (χ3n) is 2.42. The second-order valence-corrected chi connectivity index (χ2v) is 3.96. The highest BCUT2D eigenvalue weighted by atomic mass is 16.6. The molecule has 1 heterocycles. The topological polar surface area (TPSA) is 48.1 Å². The van der Waals surface area contributed by atoms with Gasteiger partial charge in [0.25, 0.3) is 0 Å². The quantitative estimate of drug-likeness (QED) is 0.409. The molecule has 17 heavy (non-hydrogen) atoms. The van der Waals surface area contributed by atoms with E-state index in [-0.39, 0.29) is 11.6 Å². The normalized spacial score (nSPS) is 21.2. The minimum atomic E-state index is -0.335. The molecule has 1 unspecified atom stereocenters. The van der Waals surface area contributed by atoms with Crippen LogP contribution < -0.4 is 0 Å². The fraction of sp³-hybridized carbons (Fsp3) is 0.769. The van der Waals surface area contributed by atoms with Crippen LogP contribution in [0.5, 0.6) is 0 Å². The van der Waals surface area contributed by atoms with Crippen molar-refractivity contribution in [2.45, 2.75) is 39.7 Å². The Labute approximate surface area is 104 Å². The molecule has 100 valence electrons. The Morgan fingerprint density at radius 3 is 2.12 bits per heavy atom.